The number of benzene rings is 2. The molecular weight excluding hydrogens is 504 g/mol. The van der Waals surface area contributed by atoms with Gasteiger partial charge in [-0.2, -0.15) is 0 Å². The number of nitrogens with zero attached hydrogens (tertiary/aromatic N) is 2. The Morgan fingerprint density at radius 2 is 1.74 bits per heavy atom. The molecule has 2 aromatic carbocycles. The molecule has 34 heavy (non-hydrogen) atoms. The molecule has 0 aromatic heterocycles. The molecule has 2 aromatic rings. The lowest BCUT2D eigenvalue weighted by molar-refractivity contribution is -0.139. The van der Waals surface area contributed by atoms with Crippen molar-refractivity contribution in [3.63, 3.8) is 0 Å². The van der Waals surface area contributed by atoms with Crippen LogP contribution in [0.4, 0.5) is 10.1 Å². The van der Waals surface area contributed by atoms with Crippen LogP contribution >= 0.6 is 23.2 Å². The van der Waals surface area contributed by atoms with Crippen molar-refractivity contribution in [1.29, 1.82) is 0 Å². The molecule has 0 saturated carbocycles. The topological polar surface area (TPSA) is 86.8 Å². The highest BCUT2D eigenvalue weighted by Crippen LogP contribution is 2.33. The fraction of sp³-hybridized carbons (Fsp3) is 0.391. The lowest BCUT2D eigenvalue weighted by Crippen LogP contribution is -2.52. The molecule has 2 rings (SSSR count). The Morgan fingerprint density at radius 1 is 1.09 bits per heavy atom. The second-order valence-electron chi connectivity index (χ2n) is 7.95. The summed E-state index contributed by atoms with van der Waals surface area (Å²) in [6.45, 7) is 4.33. The van der Waals surface area contributed by atoms with E-state index in [2.05, 4.69) is 5.32 Å². The third-order valence-electron chi connectivity index (χ3n) is 5.35. The van der Waals surface area contributed by atoms with E-state index in [4.69, 9.17) is 23.2 Å². The molecular formula is C23H28Cl2FN3O4S. The smallest absolute Gasteiger partial charge is 0.244 e. The van der Waals surface area contributed by atoms with Crippen LogP contribution in [-0.4, -0.2) is 50.0 Å². The van der Waals surface area contributed by atoms with E-state index < -0.39 is 40.2 Å². The van der Waals surface area contributed by atoms with Gasteiger partial charge >= 0.3 is 0 Å². The van der Waals surface area contributed by atoms with Crippen LogP contribution < -0.4 is 9.62 Å². The summed E-state index contributed by atoms with van der Waals surface area (Å²) in [6.07, 6.45) is 1.60. The first-order valence-electron chi connectivity index (χ1n) is 10.6. The zero-order valence-corrected chi connectivity index (χ0v) is 21.7. The highest BCUT2D eigenvalue weighted by Gasteiger charge is 2.31. The maximum absolute atomic E-state index is 14.4. The molecule has 0 heterocycles. The number of carbonyl (C=O) groups excluding carboxylic acids is 2. The average molecular weight is 532 g/mol. The van der Waals surface area contributed by atoms with Crippen LogP contribution in [-0.2, 0) is 26.2 Å². The number of halogens is 3. The van der Waals surface area contributed by atoms with Crippen LogP contribution in [0.15, 0.2) is 42.5 Å². The summed E-state index contributed by atoms with van der Waals surface area (Å²) < 4.78 is 40.3. The number of hydrogen-bond donors (Lipinski definition) is 1. The first-order chi connectivity index (χ1) is 15.9. The third-order valence-corrected chi connectivity index (χ3v) is 7.28. The molecule has 7 nitrogen and oxygen atoms in total. The van der Waals surface area contributed by atoms with Crippen molar-refractivity contribution in [1.82, 2.24) is 10.2 Å². The van der Waals surface area contributed by atoms with Crippen molar-refractivity contribution in [2.24, 2.45) is 0 Å². The van der Waals surface area contributed by atoms with Crippen LogP contribution in [0.2, 0.25) is 10.0 Å². The summed E-state index contributed by atoms with van der Waals surface area (Å²) >= 11 is 12.3. The van der Waals surface area contributed by atoms with Crippen molar-refractivity contribution in [2.75, 3.05) is 17.1 Å². The maximum atomic E-state index is 14.4. The molecule has 186 valence electrons. The standard InChI is InChI=1S/C23H28Cl2FN3O4S/c1-5-15(2)27-23(31)16(3)28(13-17-9-6-7-11-19(17)26)21(30)14-29(34(4,32)33)20-12-8-10-18(24)22(20)25/h6-12,15-16H,5,13-14H2,1-4H3,(H,27,31)/t15-,16-/m1/s1. The number of amides is 2. The van der Waals surface area contributed by atoms with E-state index in [1.807, 2.05) is 13.8 Å². The molecule has 1 N–H and O–H groups in total. The molecule has 0 saturated heterocycles. The number of anilines is 1. The van der Waals surface area contributed by atoms with E-state index in [-0.39, 0.29) is 33.9 Å². The molecule has 0 bridgehead atoms. The second-order valence-corrected chi connectivity index (χ2v) is 10.6. The maximum Gasteiger partial charge on any atom is 0.244 e. The molecule has 2 amide bonds. The van der Waals surface area contributed by atoms with Gasteiger partial charge in [-0.3, -0.25) is 13.9 Å². The normalized spacial score (nSPS) is 13.1. The van der Waals surface area contributed by atoms with Crippen molar-refractivity contribution < 1.29 is 22.4 Å². The lowest BCUT2D eigenvalue weighted by Gasteiger charge is -2.32. The van der Waals surface area contributed by atoms with E-state index in [0.29, 0.717) is 6.42 Å². The number of sulfonamides is 1. The molecule has 0 unspecified atom stereocenters. The summed E-state index contributed by atoms with van der Waals surface area (Å²) in [4.78, 5) is 27.4. The van der Waals surface area contributed by atoms with E-state index in [1.165, 1.54) is 43.3 Å². The number of carbonyl (C=O) groups is 2. The molecule has 0 spiro atoms. The van der Waals surface area contributed by atoms with Crippen LogP contribution in [0, 0.1) is 5.82 Å². The fourth-order valence-corrected chi connectivity index (χ4v) is 4.44. The van der Waals surface area contributed by atoms with E-state index in [0.717, 1.165) is 15.5 Å². The van der Waals surface area contributed by atoms with E-state index in [9.17, 15) is 22.4 Å². The SMILES string of the molecule is CC[C@@H](C)NC(=O)[C@@H](C)N(Cc1ccccc1F)C(=O)CN(c1cccc(Cl)c1Cl)S(C)(=O)=O. The van der Waals surface area contributed by atoms with Crippen LogP contribution in [0.3, 0.4) is 0 Å². The van der Waals surface area contributed by atoms with Gasteiger partial charge in [-0.25, -0.2) is 12.8 Å². The van der Waals surface area contributed by atoms with E-state index in [1.54, 1.807) is 6.07 Å². The van der Waals surface area contributed by atoms with Gasteiger partial charge in [-0.15, -0.1) is 0 Å². The molecule has 0 aliphatic carbocycles. The van der Waals surface area contributed by atoms with Crippen LogP contribution in [0.1, 0.15) is 32.8 Å². The minimum absolute atomic E-state index is 0.0209. The fourth-order valence-electron chi connectivity index (χ4n) is 3.14. The average Bonchev–Trinajstić information content (AvgIpc) is 2.77. The third kappa shape index (κ3) is 7.07. The Labute approximate surface area is 209 Å². The minimum Gasteiger partial charge on any atom is -0.352 e. The van der Waals surface area contributed by atoms with Gasteiger partial charge in [-0.1, -0.05) is 54.4 Å². The second kappa shape index (κ2) is 11.9. The first-order valence-corrected chi connectivity index (χ1v) is 13.2. The Balaban J connectivity index is 2.45. The number of nitrogens with one attached hydrogen (secondary N) is 1. The Morgan fingerprint density at radius 3 is 2.32 bits per heavy atom. The molecule has 11 heteroatoms. The van der Waals surface area contributed by atoms with Gasteiger partial charge in [0, 0.05) is 18.2 Å². The highest BCUT2D eigenvalue weighted by atomic mass is 35.5. The predicted molar refractivity (Wildman–Crippen MR) is 133 cm³/mol. The van der Waals surface area contributed by atoms with Gasteiger partial charge in [0.2, 0.25) is 21.8 Å². The lowest BCUT2D eigenvalue weighted by atomic mass is 10.1. The minimum atomic E-state index is -3.97. The van der Waals surface area contributed by atoms with Gasteiger partial charge in [0.1, 0.15) is 18.4 Å². The van der Waals surface area contributed by atoms with Gasteiger partial charge in [0.25, 0.3) is 0 Å². The zero-order valence-electron chi connectivity index (χ0n) is 19.4. The highest BCUT2D eigenvalue weighted by molar-refractivity contribution is 7.92. The van der Waals surface area contributed by atoms with Crippen molar-refractivity contribution in [3.05, 3.63) is 63.9 Å². The van der Waals surface area contributed by atoms with Crippen molar-refractivity contribution in [2.45, 2.75) is 45.8 Å². The zero-order chi connectivity index (χ0) is 25.6. The van der Waals surface area contributed by atoms with Crippen LogP contribution in [0.25, 0.3) is 0 Å². The summed E-state index contributed by atoms with van der Waals surface area (Å²) in [6, 6.07) is 9.13. The Hall–Kier alpha value is -2.36. The van der Waals surface area contributed by atoms with Crippen molar-refractivity contribution in [3.8, 4) is 0 Å². The molecule has 0 aliphatic heterocycles. The quantitative estimate of drug-likeness (QED) is 0.496. The van der Waals surface area contributed by atoms with Gasteiger partial charge < -0.3 is 10.2 Å². The van der Waals surface area contributed by atoms with Gasteiger partial charge in [0.15, 0.2) is 0 Å². The Kier molecular flexibility index (Phi) is 9.73. The monoisotopic (exact) mass is 531 g/mol. The van der Waals surface area contributed by atoms with Gasteiger partial charge in [0.05, 0.1) is 22.0 Å². The molecule has 0 radical (unpaired) electrons. The molecule has 0 aliphatic rings. The number of rotatable bonds is 10. The largest absolute Gasteiger partial charge is 0.352 e. The molecule has 2 atom stereocenters. The summed E-state index contributed by atoms with van der Waals surface area (Å²) in [7, 11) is -3.97. The summed E-state index contributed by atoms with van der Waals surface area (Å²) in [5.74, 6) is -1.70. The predicted octanol–water partition coefficient (Wildman–Crippen LogP) is 4.23. The summed E-state index contributed by atoms with van der Waals surface area (Å²) in [5.41, 5.74) is 0.207. The molecule has 0 fully saturated rings. The van der Waals surface area contributed by atoms with Crippen LogP contribution in [0.5, 0.6) is 0 Å². The number of hydrogen-bond acceptors (Lipinski definition) is 4. The first kappa shape index (κ1) is 27.9. The van der Waals surface area contributed by atoms with Crippen molar-refractivity contribution >= 4 is 50.7 Å². The van der Waals surface area contributed by atoms with E-state index >= 15 is 0 Å². The van der Waals surface area contributed by atoms with Gasteiger partial charge in [-0.05, 0) is 38.5 Å². The Bertz CT molecular complexity index is 1150. The summed E-state index contributed by atoms with van der Waals surface area (Å²) in [5, 5.41) is 2.88.